The van der Waals surface area contributed by atoms with E-state index in [1.807, 2.05) is 6.20 Å². The van der Waals surface area contributed by atoms with Crippen molar-refractivity contribution in [3.05, 3.63) is 30.1 Å². The minimum Gasteiger partial charge on any atom is -0.314 e. The molecule has 2 aliphatic rings. The smallest absolute Gasteiger partial charge is 0.0392 e. The van der Waals surface area contributed by atoms with Crippen molar-refractivity contribution >= 4 is 0 Å². The van der Waals surface area contributed by atoms with Crippen LogP contribution in [0.15, 0.2) is 24.5 Å². The first-order valence-electron chi connectivity index (χ1n) is 7.80. The second-order valence-electron chi connectivity index (χ2n) is 5.92. The Kier molecular flexibility index (Phi) is 4.46. The molecule has 3 rings (SSSR count). The zero-order chi connectivity index (χ0) is 12.9. The summed E-state index contributed by atoms with van der Waals surface area (Å²) in [5.41, 5.74) is 1.43. The summed E-state index contributed by atoms with van der Waals surface area (Å²) in [7, 11) is 0. The molecule has 2 heterocycles. The molecule has 1 saturated heterocycles. The van der Waals surface area contributed by atoms with E-state index in [1.165, 1.54) is 50.8 Å². The van der Waals surface area contributed by atoms with Gasteiger partial charge in [-0.15, -0.1) is 0 Å². The zero-order valence-corrected chi connectivity index (χ0v) is 11.7. The third kappa shape index (κ3) is 3.15. The molecule has 1 unspecified atom stereocenters. The summed E-state index contributed by atoms with van der Waals surface area (Å²) in [5.74, 6) is 0.830. The van der Waals surface area contributed by atoms with Crippen LogP contribution in [0.1, 0.15) is 43.7 Å². The Balaban J connectivity index is 1.81. The summed E-state index contributed by atoms with van der Waals surface area (Å²) in [4.78, 5) is 7.04. The fourth-order valence-electron chi connectivity index (χ4n) is 3.74. The standard InChI is InChI=1S/C16H25N3/c1-2-5-14(6-3-1)16(15-7-4-8-18-13-15)19-11-9-17-10-12-19/h4,7-8,13-14,16-17H,1-3,5-6,9-12H2. The lowest BCUT2D eigenvalue weighted by Gasteiger charge is -2.41. The Hall–Kier alpha value is -0.930. The van der Waals surface area contributed by atoms with Crippen LogP contribution in [-0.2, 0) is 0 Å². The molecule has 3 nitrogen and oxygen atoms in total. The van der Waals surface area contributed by atoms with Gasteiger partial charge in [0.05, 0.1) is 0 Å². The van der Waals surface area contributed by atoms with E-state index < -0.39 is 0 Å². The van der Waals surface area contributed by atoms with Gasteiger partial charge in [0.1, 0.15) is 0 Å². The maximum Gasteiger partial charge on any atom is 0.0392 e. The lowest BCUT2D eigenvalue weighted by molar-refractivity contribution is 0.103. The van der Waals surface area contributed by atoms with Crippen molar-refractivity contribution in [3.8, 4) is 0 Å². The quantitative estimate of drug-likeness (QED) is 0.904. The van der Waals surface area contributed by atoms with Crippen LogP contribution < -0.4 is 5.32 Å². The van der Waals surface area contributed by atoms with E-state index in [0.29, 0.717) is 6.04 Å². The fourth-order valence-corrected chi connectivity index (χ4v) is 3.74. The van der Waals surface area contributed by atoms with Gasteiger partial charge in [0.15, 0.2) is 0 Å². The van der Waals surface area contributed by atoms with E-state index >= 15 is 0 Å². The molecule has 1 saturated carbocycles. The molecule has 0 aromatic carbocycles. The molecule has 1 aliphatic heterocycles. The normalized spacial score (nSPS) is 24.2. The van der Waals surface area contributed by atoms with Crippen LogP contribution in [-0.4, -0.2) is 36.1 Å². The first-order chi connectivity index (χ1) is 9.45. The first-order valence-corrected chi connectivity index (χ1v) is 7.80. The van der Waals surface area contributed by atoms with E-state index in [0.717, 1.165) is 19.0 Å². The molecule has 0 bridgehead atoms. The Morgan fingerprint density at radius 3 is 2.63 bits per heavy atom. The van der Waals surface area contributed by atoms with Crippen LogP contribution in [0.5, 0.6) is 0 Å². The highest BCUT2D eigenvalue weighted by atomic mass is 15.2. The lowest BCUT2D eigenvalue weighted by Crippen LogP contribution is -2.47. The summed E-state index contributed by atoms with van der Waals surface area (Å²) in [6.07, 6.45) is 11.0. The number of hydrogen-bond donors (Lipinski definition) is 1. The highest BCUT2D eigenvalue weighted by Crippen LogP contribution is 2.38. The van der Waals surface area contributed by atoms with Gasteiger partial charge >= 0.3 is 0 Å². The molecule has 2 fully saturated rings. The summed E-state index contributed by atoms with van der Waals surface area (Å²) in [5, 5.41) is 3.47. The first kappa shape index (κ1) is 13.1. The summed E-state index contributed by atoms with van der Waals surface area (Å²) >= 11 is 0. The number of nitrogens with one attached hydrogen (secondary N) is 1. The maximum atomic E-state index is 4.35. The Morgan fingerprint density at radius 2 is 1.95 bits per heavy atom. The predicted molar refractivity (Wildman–Crippen MR) is 78.0 cm³/mol. The van der Waals surface area contributed by atoms with Gasteiger partial charge < -0.3 is 5.32 Å². The van der Waals surface area contributed by atoms with Crippen molar-refractivity contribution in [2.75, 3.05) is 26.2 Å². The van der Waals surface area contributed by atoms with E-state index in [2.05, 4.69) is 33.5 Å². The second-order valence-corrected chi connectivity index (χ2v) is 5.92. The van der Waals surface area contributed by atoms with Crippen molar-refractivity contribution in [1.29, 1.82) is 0 Å². The van der Waals surface area contributed by atoms with Gasteiger partial charge in [0.25, 0.3) is 0 Å². The van der Waals surface area contributed by atoms with Crippen LogP contribution in [0.3, 0.4) is 0 Å². The van der Waals surface area contributed by atoms with Crippen LogP contribution in [0.4, 0.5) is 0 Å². The lowest BCUT2D eigenvalue weighted by atomic mass is 9.80. The number of pyridine rings is 1. The molecule has 1 aliphatic carbocycles. The van der Waals surface area contributed by atoms with Gasteiger partial charge in [-0.1, -0.05) is 25.3 Å². The SMILES string of the molecule is c1cncc(C(C2CCCCC2)N2CCNCC2)c1. The minimum atomic E-state index is 0.594. The van der Waals surface area contributed by atoms with Crippen molar-refractivity contribution in [2.45, 2.75) is 38.1 Å². The zero-order valence-electron chi connectivity index (χ0n) is 11.7. The van der Waals surface area contributed by atoms with E-state index in [-0.39, 0.29) is 0 Å². The molecule has 104 valence electrons. The highest BCUT2D eigenvalue weighted by Gasteiger charge is 2.30. The van der Waals surface area contributed by atoms with Crippen molar-refractivity contribution in [2.24, 2.45) is 5.92 Å². The number of rotatable bonds is 3. The number of piperazine rings is 1. The van der Waals surface area contributed by atoms with Crippen molar-refractivity contribution in [1.82, 2.24) is 15.2 Å². The Morgan fingerprint density at radius 1 is 1.16 bits per heavy atom. The fraction of sp³-hybridized carbons (Fsp3) is 0.688. The molecule has 1 aromatic rings. The van der Waals surface area contributed by atoms with E-state index in [9.17, 15) is 0 Å². The topological polar surface area (TPSA) is 28.2 Å². The van der Waals surface area contributed by atoms with Gasteiger partial charge in [-0.25, -0.2) is 0 Å². The second kappa shape index (κ2) is 6.49. The molecular formula is C16H25N3. The molecule has 0 spiro atoms. The summed E-state index contributed by atoms with van der Waals surface area (Å²) in [6.45, 7) is 4.61. The summed E-state index contributed by atoms with van der Waals surface area (Å²) in [6, 6.07) is 4.96. The molecule has 1 N–H and O–H groups in total. The monoisotopic (exact) mass is 259 g/mol. The third-order valence-corrected chi connectivity index (χ3v) is 4.67. The molecule has 19 heavy (non-hydrogen) atoms. The van der Waals surface area contributed by atoms with Gasteiger partial charge in [0, 0.05) is 44.6 Å². The molecule has 0 amide bonds. The Bertz CT molecular complexity index is 349. The molecule has 0 radical (unpaired) electrons. The molecule has 1 aromatic heterocycles. The number of nitrogens with zero attached hydrogens (tertiary/aromatic N) is 2. The van der Waals surface area contributed by atoms with E-state index in [1.54, 1.807) is 0 Å². The third-order valence-electron chi connectivity index (χ3n) is 4.67. The van der Waals surface area contributed by atoms with Crippen LogP contribution >= 0.6 is 0 Å². The van der Waals surface area contributed by atoms with Crippen LogP contribution in [0.25, 0.3) is 0 Å². The van der Waals surface area contributed by atoms with Crippen LogP contribution in [0.2, 0.25) is 0 Å². The van der Waals surface area contributed by atoms with Crippen molar-refractivity contribution < 1.29 is 0 Å². The molecular weight excluding hydrogens is 234 g/mol. The summed E-state index contributed by atoms with van der Waals surface area (Å²) < 4.78 is 0. The van der Waals surface area contributed by atoms with Crippen LogP contribution in [0, 0.1) is 5.92 Å². The van der Waals surface area contributed by atoms with E-state index in [4.69, 9.17) is 0 Å². The van der Waals surface area contributed by atoms with Gasteiger partial charge in [0.2, 0.25) is 0 Å². The van der Waals surface area contributed by atoms with Crippen molar-refractivity contribution in [3.63, 3.8) is 0 Å². The van der Waals surface area contributed by atoms with Gasteiger partial charge in [-0.05, 0) is 30.4 Å². The molecule has 1 atom stereocenters. The maximum absolute atomic E-state index is 4.35. The number of aromatic nitrogens is 1. The molecule has 3 heteroatoms. The highest BCUT2D eigenvalue weighted by molar-refractivity contribution is 5.16. The average Bonchev–Trinajstić information content (AvgIpc) is 2.51. The predicted octanol–water partition coefficient (Wildman–Crippen LogP) is 2.61. The average molecular weight is 259 g/mol. The van der Waals surface area contributed by atoms with Gasteiger partial charge in [-0.2, -0.15) is 0 Å². The Labute approximate surface area is 116 Å². The number of hydrogen-bond acceptors (Lipinski definition) is 3. The minimum absolute atomic E-state index is 0.594. The van der Waals surface area contributed by atoms with Gasteiger partial charge in [-0.3, -0.25) is 9.88 Å². The largest absolute Gasteiger partial charge is 0.314 e.